The third kappa shape index (κ3) is 3.84. The molecule has 7 heteroatoms. The maximum absolute atomic E-state index is 13.2. The Balaban J connectivity index is 1.56. The van der Waals surface area contributed by atoms with E-state index in [1.165, 1.54) is 5.56 Å². The quantitative estimate of drug-likeness (QED) is 0.621. The third-order valence-electron chi connectivity index (χ3n) is 5.97. The molecule has 0 saturated carbocycles. The zero-order chi connectivity index (χ0) is 21.3. The second-order valence-corrected chi connectivity index (χ2v) is 7.92. The fourth-order valence-electron chi connectivity index (χ4n) is 4.21. The topological polar surface area (TPSA) is 73.4 Å². The number of hydrogen-bond acceptors (Lipinski definition) is 5. The largest absolute Gasteiger partial charge is 0.497 e. The van der Waals surface area contributed by atoms with Crippen LogP contribution >= 0.6 is 0 Å². The SMILES string of the molecule is COc1ccc(Cn2c(C)cnc2C2CCCN2C(=O)Cc2c(C)noc2C)cc1. The van der Waals surface area contributed by atoms with Crippen molar-refractivity contribution in [3.8, 4) is 5.75 Å². The summed E-state index contributed by atoms with van der Waals surface area (Å²) >= 11 is 0. The number of rotatable bonds is 6. The van der Waals surface area contributed by atoms with E-state index in [1.807, 2.05) is 37.1 Å². The normalized spacial score (nSPS) is 16.3. The molecule has 2 aromatic heterocycles. The van der Waals surface area contributed by atoms with E-state index in [9.17, 15) is 4.79 Å². The van der Waals surface area contributed by atoms with E-state index >= 15 is 0 Å². The van der Waals surface area contributed by atoms with Gasteiger partial charge in [-0.05, 0) is 51.3 Å². The van der Waals surface area contributed by atoms with Crippen LogP contribution in [0.15, 0.2) is 35.0 Å². The Morgan fingerprint density at radius 1 is 1.23 bits per heavy atom. The van der Waals surface area contributed by atoms with Gasteiger partial charge in [-0.25, -0.2) is 4.98 Å². The number of imidazole rings is 1. The molecular weight excluding hydrogens is 380 g/mol. The minimum atomic E-state index is -0.00933. The molecule has 1 fully saturated rings. The van der Waals surface area contributed by atoms with Gasteiger partial charge in [0.15, 0.2) is 0 Å². The van der Waals surface area contributed by atoms with Crippen molar-refractivity contribution >= 4 is 5.91 Å². The fourth-order valence-corrected chi connectivity index (χ4v) is 4.21. The standard InChI is InChI=1S/C23H28N4O3/c1-15-13-24-23(27(15)14-18-7-9-19(29-4)10-8-18)21-6-5-11-26(21)22(28)12-20-16(2)25-30-17(20)3/h7-10,13,21H,5-6,11-12,14H2,1-4H3. The summed E-state index contributed by atoms with van der Waals surface area (Å²) < 4.78 is 12.7. The van der Waals surface area contributed by atoms with Gasteiger partial charge >= 0.3 is 0 Å². The predicted octanol–water partition coefficient (Wildman–Crippen LogP) is 3.76. The van der Waals surface area contributed by atoms with E-state index in [2.05, 4.69) is 28.8 Å². The van der Waals surface area contributed by atoms with E-state index in [1.54, 1.807) is 7.11 Å². The van der Waals surface area contributed by atoms with Gasteiger partial charge in [0.1, 0.15) is 17.3 Å². The van der Waals surface area contributed by atoms with Gasteiger partial charge in [-0.3, -0.25) is 4.79 Å². The number of nitrogens with zero attached hydrogens (tertiary/aromatic N) is 4. The molecule has 0 bridgehead atoms. The summed E-state index contributed by atoms with van der Waals surface area (Å²) in [6, 6.07) is 8.06. The molecule has 1 unspecified atom stereocenters. The first kappa shape index (κ1) is 20.2. The number of ether oxygens (including phenoxy) is 1. The van der Waals surface area contributed by atoms with Gasteiger partial charge in [0.05, 0.1) is 25.3 Å². The lowest BCUT2D eigenvalue weighted by Crippen LogP contribution is -2.33. The minimum Gasteiger partial charge on any atom is -0.497 e. The average Bonchev–Trinajstić information content (AvgIpc) is 3.44. The lowest BCUT2D eigenvalue weighted by molar-refractivity contribution is -0.131. The average molecular weight is 409 g/mol. The highest BCUT2D eigenvalue weighted by Crippen LogP contribution is 2.33. The Hall–Kier alpha value is -3.09. The summed E-state index contributed by atoms with van der Waals surface area (Å²) in [7, 11) is 1.67. The fraction of sp³-hybridized carbons (Fsp3) is 0.435. The Labute approximate surface area is 176 Å². The molecule has 0 radical (unpaired) electrons. The monoisotopic (exact) mass is 408 g/mol. The number of aromatic nitrogens is 3. The van der Waals surface area contributed by atoms with Gasteiger partial charge in [-0.2, -0.15) is 0 Å². The molecule has 1 aliphatic heterocycles. The van der Waals surface area contributed by atoms with E-state index < -0.39 is 0 Å². The van der Waals surface area contributed by atoms with Crippen molar-refractivity contribution in [2.45, 2.75) is 52.6 Å². The van der Waals surface area contributed by atoms with Crippen molar-refractivity contribution in [2.75, 3.05) is 13.7 Å². The number of amides is 1. The first-order chi connectivity index (χ1) is 14.5. The van der Waals surface area contributed by atoms with E-state index in [0.717, 1.165) is 47.9 Å². The highest BCUT2D eigenvalue weighted by atomic mass is 16.5. The molecule has 158 valence electrons. The minimum absolute atomic E-state index is 0.00933. The Bertz CT molecular complexity index is 1020. The Morgan fingerprint density at radius 3 is 2.67 bits per heavy atom. The summed E-state index contributed by atoms with van der Waals surface area (Å²) in [4.78, 5) is 19.8. The Morgan fingerprint density at radius 2 is 2.00 bits per heavy atom. The molecule has 1 saturated heterocycles. The van der Waals surface area contributed by atoms with Crippen LogP contribution in [0.25, 0.3) is 0 Å². The van der Waals surface area contributed by atoms with Gasteiger partial charge in [0, 0.05) is 30.5 Å². The molecule has 30 heavy (non-hydrogen) atoms. The highest BCUT2D eigenvalue weighted by molar-refractivity contribution is 5.80. The first-order valence-electron chi connectivity index (χ1n) is 10.3. The molecule has 4 rings (SSSR count). The zero-order valence-electron chi connectivity index (χ0n) is 18.0. The molecule has 1 atom stereocenters. The lowest BCUT2D eigenvalue weighted by atomic mass is 10.1. The molecule has 1 aliphatic rings. The molecular formula is C23H28N4O3. The number of methoxy groups -OCH3 is 1. The second-order valence-electron chi connectivity index (χ2n) is 7.92. The Kier molecular flexibility index (Phi) is 5.61. The van der Waals surface area contributed by atoms with Crippen molar-refractivity contribution in [2.24, 2.45) is 0 Å². The third-order valence-corrected chi connectivity index (χ3v) is 5.97. The molecule has 0 N–H and O–H groups in total. The summed E-state index contributed by atoms with van der Waals surface area (Å²) in [6.07, 6.45) is 4.11. The summed E-state index contributed by atoms with van der Waals surface area (Å²) in [5.41, 5.74) is 3.94. The zero-order valence-corrected chi connectivity index (χ0v) is 18.0. The molecule has 0 aliphatic carbocycles. The maximum Gasteiger partial charge on any atom is 0.227 e. The number of carbonyl (C=O) groups excluding carboxylic acids is 1. The number of benzene rings is 1. The smallest absolute Gasteiger partial charge is 0.227 e. The number of carbonyl (C=O) groups is 1. The van der Waals surface area contributed by atoms with Gasteiger partial charge in [-0.15, -0.1) is 0 Å². The predicted molar refractivity (Wildman–Crippen MR) is 112 cm³/mol. The second kappa shape index (κ2) is 8.34. The van der Waals surface area contributed by atoms with Gasteiger partial charge in [0.2, 0.25) is 5.91 Å². The summed E-state index contributed by atoms with van der Waals surface area (Å²) in [5, 5.41) is 3.98. The molecule has 3 aromatic rings. The number of hydrogen-bond donors (Lipinski definition) is 0. The van der Waals surface area contributed by atoms with Crippen LogP contribution in [0.3, 0.4) is 0 Å². The van der Waals surface area contributed by atoms with Crippen LogP contribution in [0.1, 0.15) is 53.0 Å². The van der Waals surface area contributed by atoms with E-state index in [0.29, 0.717) is 18.7 Å². The van der Waals surface area contributed by atoms with Gasteiger partial charge < -0.3 is 18.7 Å². The van der Waals surface area contributed by atoms with Gasteiger partial charge in [-0.1, -0.05) is 17.3 Å². The molecule has 1 aromatic carbocycles. The molecule has 0 spiro atoms. The van der Waals surface area contributed by atoms with E-state index in [4.69, 9.17) is 14.2 Å². The van der Waals surface area contributed by atoms with Crippen molar-refractivity contribution in [1.82, 2.24) is 19.6 Å². The van der Waals surface area contributed by atoms with Crippen molar-refractivity contribution in [3.63, 3.8) is 0 Å². The maximum atomic E-state index is 13.2. The van der Waals surface area contributed by atoms with Crippen LogP contribution in [0.2, 0.25) is 0 Å². The van der Waals surface area contributed by atoms with E-state index in [-0.39, 0.29) is 11.9 Å². The van der Waals surface area contributed by atoms with Crippen LogP contribution < -0.4 is 4.74 Å². The van der Waals surface area contributed by atoms with Crippen molar-refractivity contribution < 1.29 is 14.1 Å². The van der Waals surface area contributed by atoms with Crippen molar-refractivity contribution in [3.05, 3.63) is 64.6 Å². The number of likely N-dealkylation sites (tertiary alicyclic amines) is 1. The van der Waals surface area contributed by atoms with Gasteiger partial charge in [0.25, 0.3) is 0 Å². The lowest BCUT2D eigenvalue weighted by Gasteiger charge is -2.25. The first-order valence-corrected chi connectivity index (χ1v) is 10.3. The highest BCUT2D eigenvalue weighted by Gasteiger charge is 2.34. The van der Waals surface area contributed by atoms with Crippen LogP contribution in [-0.4, -0.2) is 39.2 Å². The van der Waals surface area contributed by atoms with Crippen LogP contribution in [-0.2, 0) is 17.8 Å². The molecule has 7 nitrogen and oxygen atoms in total. The summed E-state index contributed by atoms with van der Waals surface area (Å²) in [5.74, 6) is 2.61. The molecule has 3 heterocycles. The van der Waals surface area contributed by atoms with Crippen LogP contribution in [0.5, 0.6) is 5.75 Å². The number of aryl methyl sites for hydroxylation is 3. The van der Waals surface area contributed by atoms with Crippen LogP contribution in [0, 0.1) is 20.8 Å². The van der Waals surface area contributed by atoms with Crippen LogP contribution in [0.4, 0.5) is 0 Å². The van der Waals surface area contributed by atoms with Crippen molar-refractivity contribution in [1.29, 1.82) is 0 Å². The molecule has 1 amide bonds. The summed E-state index contributed by atoms with van der Waals surface area (Å²) in [6.45, 7) is 7.26.